The molecule has 0 aliphatic heterocycles. The molecule has 0 radical (unpaired) electrons. The normalized spacial score (nSPS) is 13.9. The number of benzene rings is 1. The summed E-state index contributed by atoms with van der Waals surface area (Å²) in [7, 11) is 0. The molecule has 1 aliphatic rings. The largest absolute Gasteiger partial charge is 0.305 e. The Morgan fingerprint density at radius 3 is 2.73 bits per heavy atom. The van der Waals surface area contributed by atoms with Gasteiger partial charge in [0.15, 0.2) is 5.82 Å². The van der Waals surface area contributed by atoms with Crippen molar-refractivity contribution in [3.05, 3.63) is 73.7 Å². The van der Waals surface area contributed by atoms with Crippen LogP contribution in [0.2, 0.25) is 0 Å². The number of aromatic amines is 1. The number of nitrogens with one attached hydrogen (secondary N) is 1. The summed E-state index contributed by atoms with van der Waals surface area (Å²) >= 11 is 3.06. The molecule has 0 saturated heterocycles. The number of nitriles is 1. The molecule has 0 saturated carbocycles. The van der Waals surface area contributed by atoms with Crippen LogP contribution in [0, 0.1) is 17.1 Å². The number of allylic oxidation sites excluding steroid dienone is 1. The highest BCUT2D eigenvalue weighted by Gasteiger charge is 2.20. The average Bonchev–Trinajstić information content (AvgIpc) is 3.37. The van der Waals surface area contributed by atoms with Crippen LogP contribution in [0.3, 0.4) is 0 Å². The first-order valence-electron chi connectivity index (χ1n) is 9.65. The predicted octanol–water partition coefficient (Wildman–Crippen LogP) is 5.80. The summed E-state index contributed by atoms with van der Waals surface area (Å²) in [5.74, 6) is 0.0215. The van der Waals surface area contributed by atoms with E-state index in [1.165, 1.54) is 28.3 Å². The molecule has 1 N–H and O–H groups in total. The molecule has 148 valence electrons. The Morgan fingerprint density at radius 2 is 1.93 bits per heavy atom. The van der Waals surface area contributed by atoms with E-state index in [9.17, 15) is 14.4 Å². The highest BCUT2D eigenvalue weighted by atomic mass is 32.1. The topological polar surface area (TPSA) is 69.5 Å². The summed E-state index contributed by atoms with van der Waals surface area (Å²) in [5.41, 5.74) is 2.18. The second-order valence-corrected chi connectivity index (χ2v) is 9.38. The van der Waals surface area contributed by atoms with Gasteiger partial charge >= 0.3 is 0 Å². The summed E-state index contributed by atoms with van der Waals surface area (Å²) in [4.78, 5) is 24.0. The fourth-order valence-corrected chi connectivity index (χ4v) is 6.01. The van der Waals surface area contributed by atoms with Crippen LogP contribution in [0.15, 0.2) is 41.2 Å². The molecule has 3 aromatic heterocycles. The minimum Gasteiger partial charge on any atom is -0.305 e. The van der Waals surface area contributed by atoms with Gasteiger partial charge in [0.1, 0.15) is 16.7 Å². The lowest BCUT2D eigenvalue weighted by molar-refractivity contribution is 0.628. The predicted molar refractivity (Wildman–Crippen MR) is 120 cm³/mol. The van der Waals surface area contributed by atoms with Crippen molar-refractivity contribution in [1.29, 1.82) is 5.26 Å². The van der Waals surface area contributed by atoms with Crippen LogP contribution >= 0.6 is 22.7 Å². The maximum Gasteiger partial charge on any atom is 0.260 e. The molecule has 0 atom stereocenters. The molecule has 1 aromatic carbocycles. The van der Waals surface area contributed by atoms with Gasteiger partial charge in [-0.25, -0.2) is 9.37 Å². The zero-order chi connectivity index (χ0) is 20.7. The molecule has 5 rings (SSSR count). The van der Waals surface area contributed by atoms with E-state index in [2.05, 4.69) is 16.0 Å². The van der Waals surface area contributed by atoms with E-state index < -0.39 is 0 Å². The first-order valence-corrected chi connectivity index (χ1v) is 11.3. The molecule has 0 fully saturated rings. The van der Waals surface area contributed by atoms with Gasteiger partial charge in [0.05, 0.1) is 11.0 Å². The summed E-state index contributed by atoms with van der Waals surface area (Å²) in [5, 5.41) is 10.4. The van der Waals surface area contributed by atoms with E-state index in [0.29, 0.717) is 21.6 Å². The third-order valence-electron chi connectivity index (χ3n) is 5.24. The Morgan fingerprint density at radius 1 is 1.13 bits per heavy atom. The summed E-state index contributed by atoms with van der Waals surface area (Å²) < 4.78 is 13.2. The van der Waals surface area contributed by atoms with Crippen molar-refractivity contribution in [2.45, 2.75) is 25.7 Å². The van der Waals surface area contributed by atoms with Gasteiger partial charge in [-0.1, -0.05) is 12.1 Å². The molecular weight excluding hydrogens is 417 g/mol. The van der Waals surface area contributed by atoms with E-state index in [-0.39, 0.29) is 11.4 Å². The van der Waals surface area contributed by atoms with Crippen molar-refractivity contribution in [2.24, 2.45) is 0 Å². The summed E-state index contributed by atoms with van der Waals surface area (Å²) in [6.45, 7) is 0. The van der Waals surface area contributed by atoms with Gasteiger partial charge in [0.2, 0.25) is 0 Å². The zero-order valence-corrected chi connectivity index (χ0v) is 17.5. The molecule has 0 bridgehead atoms. The van der Waals surface area contributed by atoms with E-state index in [0.717, 1.165) is 46.6 Å². The highest BCUT2D eigenvalue weighted by molar-refractivity contribution is 7.18. The number of aromatic nitrogens is 2. The van der Waals surface area contributed by atoms with Crippen molar-refractivity contribution < 1.29 is 4.39 Å². The minimum absolute atomic E-state index is 0.172. The third-order valence-corrected chi connectivity index (χ3v) is 7.51. The van der Waals surface area contributed by atoms with Crippen LogP contribution in [0.4, 0.5) is 4.39 Å². The van der Waals surface area contributed by atoms with Crippen molar-refractivity contribution in [2.75, 3.05) is 0 Å². The van der Waals surface area contributed by atoms with Gasteiger partial charge in [-0.2, -0.15) is 5.26 Å². The minimum atomic E-state index is -0.275. The maximum absolute atomic E-state index is 13.2. The van der Waals surface area contributed by atoms with Crippen LogP contribution in [0.25, 0.3) is 32.3 Å². The number of aryl methyl sites for hydroxylation is 2. The lowest BCUT2D eigenvalue weighted by Crippen LogP contribution is -2.12. The third kappa shape index (κ3) is 3.38. The number of nitrogens with zero attached hydrogens (tertiary/aromatic N) is 2. The van der Waals surface area contributed by atoms with Gasteiger partial charge in [-0.15, -0.1) is 22.7 Å². The quantitative estimate of drug-likeness (QED) is 0.416. The SMILES string of the molecule is N#C/C(=C\c1ccc(-c2ccc(F)cc2)s1)c1nc2sc3c(c2c(=O)[nH]1)CCCC3. The molecule has 1 aliphatic carbocycles. The monoisotopic (exact) mass is 433 g/mol. The molecule has 0 unspecified atom stereocenters. The first kappa shape index (κ1) is 18.9. The second-order valence-electron chi connectivity index (χ2n) is 7.18. The van der Waals surface area contributed by atoms with Crippen molar-refractivity contribution in [1.82, 2.24) is 9.97 Å². The Kier molecular flexibility index (Phi) is 4.81. The molecule has 4 nitrogen and oxygen atoms in total. The average molecular weight is 434 g/mol. The Hall–Kier alpha value is -3.08. The Labute approximate surface area is 180 Å². The van der Waals surface area contributed by atoms with Crippen LogP contribution < -0.4 is 5.56 Å². The van der Waals surface area contributed by atoms with Gasteiger partial charge in [0.25, 0.3) is 5.56 Å². The van der Waals surface area contributed by atoms with Crippen molar-refractivity contribution in [3.8, 4) is 16.5 Å². The molecule has 7 heteroatoms. The Bertz CT molecular complexity index is 1390. The molecule has 30 heavy (non-hydrogen) atoms. The second kappa shape index (κ2) is 7.63. The van der Waals surface area contributed by atoms with Crippen molar-refractivity contribution >= 4 is 44.5 Å². The van der Waals surface area contributed by atoms with Crippen LogP contribution in [-0.2, 0) is 12.8 Å². The number of fused-ring (bicyclic) bond motifs is 3. The molecule has 0 amide bonds. The first-order chi connectivity index (χ1) is 14.6. The van der Waals surface area contributed by atoms with Gasteiger partial charge in [-0.3, -0.25) is 4.79 Å². The van der Waals surface area contributed by atoms with Crippen LogP contribution in [0.5, 0.6) is 0 Å². The Balaban J connectivity index is 1.53. The lowest BCUT2D eigenvalue weighted by Gasteiger charge is -2.09. The fraction of sp³-hybridized carbons (Fsp3) is 0.174. The van der Waals surface area contributed by atoms with E-state index >= 15 is 0 Å². The van der Waals surface area contributed by atoms with Gasteiger partial charge < -0.3 is 4.98 Å². The number of thiophene rings is 2. The lowest BCUT2D eigenvalue weighted by atomic mass is 9.97. The molecular formula is C23H16FN3OS2. The van der Waals surface area contributed by atoms with Gasteiger partial charge in [-0.05, 0) is 67.2 Å². The fourth-order valence-electron chi connectivity index (χ4n) is 3.79. The van der Waals surface area contributed by atoms with E-state index in [1.807, 2.05) is 12.1 Å². The zero-order valence-electron chi connectivity index (χ0n) is 15.9. The van der Waals surface area contributed by atoms with Crippen LogP contribution in [0.1, 0.15) is 34.0 Å². The smallest absolute Gasteiger partial charge is 0.260 e. The highest BCUT2D eigenvalue weighted by Crippen LogP contribution is 2.34. The van der Waals surface area contributed by atoms with Gasteiger partial charge in [0, 0.05) is 14.6 Å². The number of hydrogen-bond donors (Lipinski definition) is 1. The maximum atomic E-state index is 13.2. The summed E-state index contributed by atoms with van der Waals surface area (Å²) in [6.07, 6.45) is 5.88. The molecule has 3 heterocycles. The van der Waals surface area contributed by atoms with Crippen LogP contribution in [-0.4, -0.2) is 9.97 Å². The molecule has 0 spiro atoms. The number of halogens is 1. The van der Waals surface area contributed by atoms with E-state index in [4.69, 9.17) is 0 Å². The standard InChI is InChI=1S/C23H16FN3OS2/c24-15-7-5-13(6-8-15)18-10-9-16(29-18)11-14(12-25)21-26-22(28)20-17-3-1-2-4-19(17)30-23(20)27-21/h5-11H,1-4H2,(H,26,27,28)/b14-11+. The van der Waals surface area contributed by atoms with Crippen molar-refractivity contribution in [3.63, 3.8) is 0 Å². The van der Waals surface area contributed by atoms with E-state index in [1.54, 1.807) is 29.5 Å². The number of rotatable bonds is 3. The number of H-pyrrole nitrogens is 1. The number of hydrogen-bond acceptors (Lipinski definition) is 5. The summed E-state index contributed by atoms with van der Waals surface area (Å²) in [6, 6.07) is 12.3. The molecule has 4 aromatic rings.